The fourth-order valence-electron chi connectivity index (χ4n) is 2.83. The lowest BCUT2D eigenvalue weighted by molar-refractivity contribution is -0.119. The summed E-state index contributed by atoms with van der Waals surface area (Å²) in [7, 11) is 1.62. The molecule has 2 rings (SSSR count). The number of anilines is 2. The van der Waals surface area contributed by atoms with Crippen molar-refractivity contribution in [3.05, 3.63) is 48.0 Å². The minimum Gasteiger partial charge on any atom is -0.493 e. The van der Waals surface area contributed by atoms with Crippen LogP contribution in [-0.2, 0) is 11.3 Å². The number of benzene rings is 2. The molecule has 168 valence electrons. The van der Waals surface area contributed by atoms with Gasteiger partial charge in [0.15, 0.2) is 17.5 Å². The Labute approximate surface area is 185 Å². The lowest BCUT2D eigenvalue weighted by Crippen LogP contribution is -2.30. The predicted molar refractivity (Wildman–Crippen MR) is 127 cm³/mol. The molecule has 2 aromatic carbocycles. The lowest BCUT2D eigenvalue weighted by Gasteiger charge is -2.14. The number of aliphatic imine (C=N–C) groups is 1. The zero-order chi connectivity index (χ0) is 22.6. The first-order valence-corrected chi connectivity index (χ1v) is 10.8. The van der Waals surface area contributed by atoms with Gasteiger partial charge in [0, 0.05) is 29.9 Å². The summed E-state index contributed by atoms with van der Waals surface area (Å²) in [6, 6.07) is 13.4. The van der Waals surface area contributed by atoms with Crippen molar-refractivity contribution in [1.82, 2.24) is 5.32 Å². The SMILES string of the molecule is CCNC(=NCc1cccc(NC(=O)C(C)CC)c1)Nc1ccc(OCC)c(OC)c1. The van der Waals surface area contributed by atoms with E-state index in [0.717, 1.165) is 29.9 Å². The molecule has 0 saturated heterocycles. The summed E-state index contributed by atoms with van der Waals surface area (Å²) in [6.07, 6.45) is 0.809. The molecule has 0 saturated carbocycles. The number of nitrogens with zero attached hydrogens (tertiary/aromatic N) is 1. The zero-order valence-electron chi connectivity index (χ0n) is 19.1. The van der Waals surface area contributed by atoms with Crippen LogP contribution in [0.3, 0.4) is 0 Å². The smallest absolute Gasteiger partial charge is 0.227 e. The summed E-state index contributed by atoms with van der Waals surface area (Å²) in [5.74, 6) is 2.03. The van der Waals surface area contributed by atoms with Gasteiger partial charge in [-0.1, -0.05) is 26.0 Å². The van der Waals surface area contributed by atoms with Crippen LogP contribution in [0.2, 0.25) is 0 Å². The third-order valence-electron chi connectivity index (χ3n) is 4.74. The number of methoxy groups -OCH3 is 1. The largest absolute Gasteiger partial charge is 0.493 e. The summed E-state index contributed by atoms with van der Waals surface area (Å²) >= 11 is 0. The molecule has 1 unspecified atom stereocenters. The van der Waals surface area contributed by atoms with E-state index in [2.05, 4.69) is 20.9 Å². The molecule has 7 heteroatoms. The van der Waals surface area contributed by atoms with Crippen molar-refractivity contribution in [3.63, 3.8) is 0 Å². The number of carbonyl (C=O) groups is 1. The molecule has 2 aromatic rings. The Balaban J connectivity index is 2.11. The second-order valence-corrected chi connectivity index (χ2v) is 7.12. The average molecular weight is 427 g/mol. The van der Waals surface area contributed by atoms with Gasteiger partial charge in [-0.3, -0.25) is 4.79 Å². The van der Waals surface area contributed by atoms with E-state index in [9.17, 15) is 4.79 Å². The van der Waals surface area contributed by atoms with Crippen LogP contribution >= 0.6 is 0 Å². The maximum Gasteiger partial charge on any atom is 0.227 e. The van der Waals surface area contributed by atoms with Gasteiger partial charge >= 0.3 is 0 Å². The minimum absolute atomic E-state index is 0.0164. The molecule has 0 bridgehead atoms. The van der Waals surface area contributed by atoms with Crippen molar-refractivity contribution in [3.8, 4) is 11.5 Å². The summed E-state index contributed by atoms with van der Waals surface area (Å²) in [5, 5.41) is 9.51. The summed E-state index contributed by atoms with van der Waals surface area (Å²) in [5.41, 5.74) is 2.63. The van der Waals surface area contributed by atoms with Crippen molar-refractivity contribution in [1.29, 1.82) is 0 Å². The highest BCUT2D eigenvalue weighted by atomic mass is 16.5. The van der Waals surface area contributed by atoms with Crippen LogP contribution in [0.5, 0.6) is 11.5 Å². The predicted octanol–water partition coefficient (Wildman–Crippen LogP) is 4.66. The molecular formula is C24H34N4O3. The molecule has 0 aromatic heterocycles. The highest BCUT2D eigenvalue weighted by molar-refractivity contribution is 5.94. The number of carbonyl (C=O) groups excluding carboxylic acids is 1. The topological polar surface area (TPSA) is 84.0 Å². The fourth-order valence-corrected chi connectivity index (χ4v) is 2.83. The zero-order valence-corrected chi connectivity index (χ0v) is 19.1. The van der Waals surface area contributed by atoms with Gasteiger partial charge in [0.05, 0.1) is 20.3 Å². The van der Waals surface area contributed by atoms with Gasteiger partial charge in [-0.05, 0) is 50.1 Å². The van der Waals surface area contributed by atoms with Gasteiger partial charge in [0.2, 0.25) is 5.91 Å². The van der Waals surface area contributed by atoms with Gasteiger partial charge in [-0.15, -0.1) is 0 Å². The van der Waals surface area contributed by atoms with Crippen molar-refractivity contribution in [2.75, 3.05) is 30.9 Å². The number of ether oxygens (including phenoxy) is 2. The molecular weight excluding hydrogens is 392 g/mol. The minimum atomic E-state index is -0.0164. The molecule has 0 aliphatic heterocycles. The van der Waals surface area contributed by atoms with E-state index in [1.807, 2.05) is 70.2 Å². The number of amides is 1. The van der Waals surface area contributed by atoms with E-state index in [0.29, 0.717) is 30.6 Å². The third-order valence-corrected chi connectivity index (χ3v) is 4.74. The second-order valence-electron chi connectivity index (χ2n) is 7.12. The number of hydrogen-bond acceptors (Lipinski definition) is 4. The van der Waals surface area contributed by atoms with Crippen LogP contribution in [0.25, 0.3) is 0 Å². The van der Waals surface area contributed by atoms with E-state index in [-0.39, 0.29) is 11.8 Å². The maximum absolute atomic E-state index is 12.1. The van der Waals surface area contributed by atoms with Gasteiger partial charge in [0.1, 0.15) is 0 Å². The number of rotatable bonds is 10. The fraction of sp³-hybridized carbons (Fsp3) is 0.417. The van der Waals surface area contributed by atoms with Crippen LogP contribution in [-0.4, -0.2) is 32.1 Å². The van der Waals surface area contributed by atoms with Crippen molar-refractivity contribution in [2.45, 2.75) is 40.7 Å². The van der Waals surface area contributed by atoms with Crippen molar-refractivity contribution >= 4 is 23.2 Å². The number of hydrogen-bond donors (Lipinski definition) is 3. The van der Waals surface area contributed by atoms with Crippen molar-refractivity contribution in [2.24, 2.45) is 10.9 Å². The monoisotopic (exact) mass is 426 g/mol. The van der Waals surface area contributed by atoms with E-state index in [1.165, 1.54) is 0 Å². The molecule has 3 N–H and O–H groups in total. The molecule has 0 aliphatic carbocycles. The summed E-state index contributed by atoms with van der Waals surface area (Å²) < 4.78 is 11.0. The average Bonchev–Trinajstić information content (AvgIpc) is 2.78. The highest BCUT2D eigenvalue weighted by Crippen LogP contribution is 2.30. The van der Waals surface area contributed by atoms with Crippen LogP contribution in [0, 0.1) is 5.92 Å². The molecule has 0 aliphatic rings. The van der Waals surface area contributed by atoms with Gasteiger partial charge < -0.3 is 25.4 Å². The van der Waals surface area contributed by atoms with Crippen LogP contribution in [0.4, 0.5) is 11.4 Å². The Morgan fingerprint density at radius 1 is 1.03 bits per heavy atom. The Morgan fingerprint density at radius 2 is 1.81 bits per heavy atom. The first-order valence-electron chi connectivity index (χ1n) is 10.8. The third kappa shape index (κ3) is 7.51. The molecule has 0 spiro atoms. The Hall–Kier alpha value is -3.22. The second kappa shape index (κ2) is 12.5. The van der Waals surface area contributed by atoms with E-state index >= 15 is 0 Å². The molecule has 31 heavy (non-hydrogen) atoms. The molecule has 7 nitrogen and oxygen atoms in total. The normalized spacial score (nSPS) is 12.1. The van der Waals surface area contributed by atoms with E-state index in [1.54, 1.807) is 7.11 Å². The maximum atomic E-state index is 12.1. The Morgan fingerprint density at radius 3 is 2.48 bits per heavy atom. The standard InChI is InChI=1S/C24H34N4O3/c1-6-17(4)23(29)27-19-11-9-10-18(14-19)16-26-24(25-7-2)28-20-12-13-21(31-8-3)22(15-20)30-5/h9-15,17H,6-8,16H2,1-5H3,(H,27,29)(H2,25,26,28). The van der Waals surface area contributed by atoms with E-state index < -0.39 is 0 Å². The first kappa shape index (κ1) is 24.1. The Kier molecular flexibility index (Phi) is 9.68. The van der Waals surface area contributed by atoms with Crippen LogP contribution in [0.15, 0.2) is 47.5 Å². The first-order chi connectivity index (χ1) is 15.0. The van der Waals surface area contributed by atoms with Crippen LogP contribution in [0.1, 0.15) is 39.7 Å². The lowest BCUT2D eigenvalue weighted by atomic mass is 10.1. The molecule has 1 atom stereocenters. The number of nitrogens with one attached hydrogen (secondary N) is 3. The van der Waals surface area contributed by atoms with Gasteiger partial charge in [0.25, 0.3) is 0 Å². The quantitative estimate of drug-likeness (QED) is 0.380. The summed E-state index contributed by atoms with van der Waals surface area (Å²) in [6.45, 7) is 9.65. The van der Waals surface area contributed by atoms with Gasteiger partial charge in [-0.25, -0.2) is 4.99 Å². The summed E-state index contributed by atoms with van der Waals surface area (Å²) in [4.78, 5) is 16.8. The van der Waals surface area contributed by atoms with Gasteiger partial charge in [-0.2, -0.15) is 0 Å². The van der Waals surface area contributed by atoms with Crippen LogP contribution < -0.4 is 25.4 Å². The highest BCUT2D eigenvalue weighted by Gasteiger charge is 2.11. The molecule has 0 heterocycles. The molecule has 0 radical (unpaired) electrons. The Bertz CT molecular complexity index is 883. The van der Waals surface area contributed by atoms with Crippen molar-refractivity contribution < 1.29 is 14.3 Å². The molecule has 1 amide bonds. The van der Waals surface area contributed by atoms with E-state index in [4.69, 9.17) is 9.47 Å². The molecule has 0 fully saturated rings. The number of guanidine groups is 1.